The Kier molecular flexibility index (Phi) is 5.54. The summed E-state index contributed by atoms with van der Waals surface area (Å²) in [6.45, 7) is 0.764. The van der Waals surface area contributed by atoms with Gasteiger partial charge in [-0.25, -0.2) is 12.7 Å². The molecule has 0 bridgehead atoms. The normalized spacial score (nSPS) is 17.0. The Morgan fingerprint density at radius 3 is 2.43 bits per heavy atom. The zero-order valence-corrected chi connectivity index (χ0v) is 15.1. The predicted octanol–water partition coefficient (Wildman–Crippen LogP) is 2.02. The molecule has 0 aliphatic carbocycles. The Hall–Kier alpha value is -1.31. The number of nitrogens with one attached hydrogen (secondary N) is 1. The van der Waals surface area contributed by atoms with Crippen LogP contribution in [0.5, 0.6) is 0 Å². The molecular weight excluding hydrogens is 338 g/mol. The van der Waals surface area contributed by atoms with Gasteiger partial charge in [-0.05, 0) is 31.0 Å². The molecule has 1 aliphatic rings. The number of halogens is 1. The van der Waals surface area contributed by atoms with Crippen molar-refractivity contribution in [2.45, 2.75) is 12.8 Å². The average Bonchev–Trinajstić information content (AvgIpc) is 2.46. The molecule has 6 nitrogen and oxygen atoms in total. The highest BCUT2D eigenvalue weighted by Gasteiger charge is 2.29. The lowest BCUT2D eigenvalue weighted by Crippen LogP contribution is -2.41. The van der Waals surface area contributed by atoms with E-state index in [0.29, 0.717) is 36.6 Å². The standard InChI is InChI=1S/C15H22ClN3O3S/c1-18(2)14-5-4-12(16)10-13(14)17-15(20)11-6-8-19(9-7-11)23(3,21)22/h4-5,10-11H,6-9H2,1-3H3,(H,17,20). The van der Waals surface area contributed by atoms with Gasteiger partial charge < -0.3 is 10.2 Å². The van der Waals surface area contributed by atoms with Crippen LogP contribution in [0.1, 0.15) is 12.8 Å². The first kappa shape index (κ1) is 18.0. The van der Waals surface area contributed by atoms with Gasteiger partial charge in [0.05, 0.1) is 17.6 Å². The summed E-state index contributed by atoms with van der Waals surface area (Å²) in [6.07, 6.45) is 2.25. The Morgan fingerprint density at radius 2 is 1.91 bits per heavy atom. The first-order valence-electron chi connectivity index (χ1n) is 7.41. The van der Waals surface area contributed by atoms with Crippen molar-refractivity contribution >= 4 is 38.9 Å². The van der Waals surface area contributed by atoms with Gasteiger partial charge in [-0.15, -0.1) is 0 Å². The second kappa shape index (κ2) is 7.07. The summed E-state index contributed by atoms with van der Waals surface area (Å²) in [6, 6.07) is 5.35. The van der Waals surface area contributed by atoms with E-state index in [-0.39, 0.29) is 11.8 Å². The number of amides is 1. The van der Waals surface area contributed by atoms with Crippen molar-refractivity contribution in [3.05, 3.63) is 23.2 Å². The van der Waals surface area contributed by atoms with E-state index in [9.17, 15) is 13.2 Å². The summed E-state index contributed by atoms with van der Waals surface area (Å²) in [4.78, 5) is 14.4. The molecule has 1 amide bonds. The second-order valence-electron chi connectivity index (χ2n) is 5.98. The summed E-state index contributed by atoms with van der Waals surface area (Å²) in [5, 5.41) is 3.48. The van der Waals surface area contributed by atoms with E-state index in [2.05, 4.69) is 5.32 Å². The summed E-state index contributed by atoms with van der Waals surface area (Å²) in [5.74, 6) is -0.287. The minimum Gasteiger partial charge on any atom is -0.376 e. The molecule has 128 valence electrons. The van der Waals surface area contributed by atoms with Crippen LogP contribution in [0.3, 0.4) is 0 Å². The lowest BCUT2D eigenvalue weighted by atomic mass is 9.97. The van der Waals surface area contributed by atoms with Gasteiger partial charge in [0.25, 0.3) is 0 Å². The number of carbonyl (C=O) groups is 1. The third-order valence-corrected chi connectivity index (χ3v) is 5.53. The zero-order valence-electron chi connectivity index (χ0n) is 13.5. The Balaban J connectivity index is 2.05. The first-order chi connectivity index (χ1) is 10.7. The van der Waals surface area contributed by atoms with Crippen LogP contribution in [-0.4, -0.2) is 52.1 Å². The highest BCUT2D eigenvalue weighted by atomic mass is 35.5. The molecule has 0 radical (unpaired) electrons. The average molecular weight is 360 g/mol. The van der Waals surface area contributed by atoms with Crippen LogP contribution in [0.15, 0.2) is 18.2 Å². The van der Waals surface area contributed by atoms with Crippen molar-refractivity contribution in [2.24, 2.45) is 5.92 Å². The molecule has 0 aromatic heterocycles. The number of nitrogens with zero attached hydrogens (tertiary/aromatic N) is 2. The van der Waals surface area contributed by atoms with Crippen LogP contribution < -0.4 is 10.2 Å². The number of benzene rings is 1. The highest BCUT2D eigenvalue weighted by molar-refractivity contribution is 7.88. The first-order valence-corrected chi connectivity index (χ1v) is 9.64. The van der Waals surface area contributed by atoms with Gasteiger partial charge in [0.2, 0.25) is 15.9 Å². The second-order valence-corrected chi connectivity index (χ2v) is 8.40. The van der Waals surface area contributed by atoms with E-state index in [4.69, 9.17) is 11.6 Å². The van der Waals surface area contributed by atoms with Crippen molar-refractivity contribution in [1.82, 2.24) is 4.31 Å². The van der Waals surface area contributed by atoms with Crippen LogP contribution in [0, 0.1) is 5.92 Å². The fourth-order valence-electron chi connectivity index (χ4n) is 2.68. The van der Waals surface area contributed by atoms with E-state index in [1.165, 1.54) is 10.6 Å². The Morgan fingerprint density at radius 1 is 1.30 bits per heavy atom. The van der Waals surface area contributed by atoms with E-state index in [1.807, 2.05) is 25.1 Å². The SMILES string of the molecule is CN(C)c1ccc(Cl)cc1NC(=O)C1CCN(S(C)(=O)=O)CC1. The molecule has 0 spiro atoms. The van der Waals surface area contributed by atoms with Gasteiger partial charge in [-0.3, -0.25) is 4.79 Å². The van der Waals surface area contributed by atoms with Gasteiger partial charge in [0.15, 0.2) is 0 Å². The molecular formula is C15H22ClN3O3S. The third kappa shape index (κ3) is 4.59. The fraction of sp³-hybridized carbons (Fsp3) is 0.533. The number of rotatable bonds is 4. The molecule has 1 fully saturated rings. The van der Waals surface area contributed by atoms with Crippen LogP contribution in [0.2, 0.25) is 5.02 Å². The molecule has 23 heavy (non-hydrogen) atoms. The maximum Gasteiger partial charge on any atom is 0.227 e. The third-order valence-electron chi connectivity index (χ3n) is 3.99. The van der Waals surface area contributed by atoms with Crippen molar-refractivity contribution in [1.29, 1.82) is 0 Å². The minimum atomic E-state index is -3.18. The Bertz CT molecular complexity index is 683. The van der Waals surface area contributed by atoms with Gasteiger partial charge in [0.1, 0.15) is 0 Å². The van der Waals surface area contributed by atoms with Gasteiger partial charge >= 0.3 is 0 Å². The van der Waals surface area contributed by atoms with Crippen LogP contribution in [-0.2, 0) is 14.8 Å². The molecule has 8 heteroatoms. The molecule has 1 saturated heterocycles. The number of hydrogen-bond acceptors (Lipinski definition) is 4. The van der Waals surface area contributed by atoms with Gasteiger partial charge in [-0.1, -0.05) is 11.6 Å². The van der Waals surface area contributed by atoms with E-state index < -0.39 is 10.0 Å². The lowest BCUT2D eigenvalue weighted by molar-refractivity contribution is -0.120. The number of piperidine rings is 1. The molecule has 0 unspecified atom stereocenters. The number of anilines is 2. The summed E-state index contributed by atoms with van der Waals surface area (Å²) in [7, 11) is 0.605. The quantitative estimate of drug-likeness (QED) is 0.892. The largest absolute Gasteiger partial charge is 0.376 e. The number of sulfonamides is 1. The van der Waals surface area contributed by atoms with E-state index in [0.717, 1.165) is 5.69 Å². The topological polar surface area (TPSA) is 69.7 Å². The molecule has 1 aliphatic heterocycles. The molecule has 1 aromatic rings. The molecule has 1 N–H and O–H groups in total. The van der Waals surface area contributed by atoms with Crippen molar-refractivity contribution in [3.8, 4) is 0 Å². The Labute approximate surface area is 142 Å². The monoisotopic (exact) mass is 359 g/mol. The van der Waals surface area contributed by atoms with Crippen LogP contribution in [0.25, 0.3) is 0 Å². The molecule has 2 rings (SSSR count). The van der Waals surface area contributed by atoms with Crippen molar-refractivity contribution < 1.29 is 13.2 Å². The van der Waals surface area contributed by atoms with Crippen LogP contribution in [0.4, 0.5) is 11.4 Å². The van der Waals surface area contributed by atoms with Crippen molar-refractivity contribution in [3.63, 3.8) is 0 Å². The zero-order chi connectivity index (χ0) is 17.2. The molecule has 0 atom stereocenters. The predicted molar refractivity (Wildman–Crippen MR) is 93.5 cm³/mol. The van der Waals surface area contributed by atoms with E-state index >= 15 is 0 Å². The van der Waals surface area contributed by atoms with Crippen LogP contribution >= 0.6 is 11.6 Å². The highest BCUT2D eigenvalue weighted by Crippen LogP contribution is 2.29. The molecule has 1 heterocycles. The van der Waals surface area contributed by atoms with Crippen molar-refractivity contribution in [2.75, 3.05) is 43.7 Å². The van der Waals surface area contributed by atoms with Gasteiger partial charge in [-0.2, -0.15) is 0 Å². The maximum absolute atomic E-state index is 12.5. The van der Waals surface area contributed by atoms with E-state index in [1.54, 1.807) is 12.1 Å². The maximum atomic E-state index is 12.5. The molecule has 1 aromatic carbocycles. The summed E-state index contributed by atoms with van der Waals surface area (Å²) >= 11 is 6.02. The number of carbonyl (C=O) groups excluding carboxylic acids is 1. The minimum absolute atomic E-state index is 0.0940. The molecule has 0 saturated carbocycles. The van der Waals surface area contributed by atoms with Gasteiger partial charge in [0, 0.05) is 38.1 Å². The smallest absolute Gasteiger partial charge is 0.227 e. The fourth-order valence-corrected chi connectivity index (χ4v) is 3.73. The summed E-state index contributed by atoms with van der Waals surface area (Å²) in [5.41, 5.74) is 1.54. The lowest BCUT2D eigenvalue weighted by Gasteiger charge is -2.29. The number of hydrogen-bond donors (Lipinski definition) is 1. The summed E-state index contributed by atoms with van der Waals surface area (Å²) < 4.78 is 24.5.